The molecule has 0 saturated carbocycles. The number of ketones is 1. The van der Waals surface area contributed by atoms with Crippen LogP contribution in [0.2, 0.25) is 5.02 Å². The van der Waals surface area contributed by atoms with E-state index in [4.69, 9.17) is 11.6 Å². The van der Waals surface area contributed by atoms with Gasteiger partial charge in [-0.1, -0.05) is 18.5 Å². The number of carbonyl (C=O) groups excluding carboxylic acids is 1. The highest BCUT2D eigenvalue weighted by Crippen LogP contribution is 2.27. The summed E-state index contributed by atoms with van der Waals surface area (Å²) < 4.78 is 26.1. The minimum atomic E-state index is -1.07. The first-order valence-electron chi connectivity index (χ1n) is 5.30. The summed E-state index contributed by atoms with van der Waals surface area (Å²) in [5.74, 6) is -2.50. The van der Waals surface area contributed by atoms with Crippen LogP contribution < -0.4 is 0 Å². The Balaban J connectivity index is 2.50. The molecule has 18 heavy (non-hydrogen) atoms. The van der Waals surface area contributed by atoms with E-state index in [-0.39, 0.29) is 16.4 Å². The molecule has 0 unspecified atom stereocenters. The molecule has 0 amide bonds. The lowest BCUT2D eigenvalue weighted by Gasteiger charge is -2.04. The Labute approximate surface area is 112 Å². The van der Waals surface area contributed by atoms with E-state index < -0.39 is 11.6 Å². The summed E-state index contributed by atoms with van der Waals surface area (Å²) in [6.45, 7) is 1.92. The molecule has 0 radical (unpaired) electrons. The van der Waals surface area contributed by atoms with Gasteiger partial charge in [-0.05, 0) is 35.6 Å². The molecule has 2 rings (SSSR count). The quantitative estimate of drug-likeness (QED) is 0.601. The molecule has 0 fully saturated rings. The predicted octanol–water partition coefficient (Wildman–Crippen LogP) is 4.47. The van der Waals surface area contributed by atoms with Gasteiger partial charge in [0.25, 0.3) is 0 Å². The van der Waals surface area contributed by atoms with Gasteiger partial charge >= 0.3 is 0 Å². The third-order valence-electron chi connectivity index (χ3n) is 2.59. The van der Waals surface area contributed by atoms with Crippen LogP contribution in [-0.4, -0.2) is 5.78 Å². The molecule has 0 saturated heterocycles. The first-order chi connectivity index (χ1) is 8.54. The van der Waals surface area contributed by atoms with E-state index in [2.05, 4.69) is 0 Å². The third-order valence-corrected chi connectivity index (χ3v) is 3.86. The molecule has 1 aromatic heterocycles. The topological polar surface area (TPSA) is 17.1 Å². The van der Waals surface area contributed by atoms with E-state index in [1.165, 1.54) is 11.3 Å². The fourth-order valence-electron chi connectivity index (χ4n) is 1.63. The number of carbonyl (C=O) groups is 1. The average Bonchev–Trinajstić information content (AvgIpc) is 2.81. The SMILES string of the molecule is CCc1ccsc1C(=O)c1cc(F)c(F)cc1Cl. The molecule has 0 aliphatic rings. The molecule has 1 aromatic carbocycles. The third kappa shape index (κ3) is 2.31. The van der Waals surface area contributed by atoms with Gasteiger partial charge in [0.1, 0.15) is 0 Å². The lowest BCUT2D eigenvalue weighted by atomic mass is 10.1. The van der Waals surface area contributed by atoms with E-state index in [1.54, 1.807) is 5.38 Å². The summed E-state index contributed by atoms with van der Waals surface area (Å²) in [5, 5.41) is 1.72. The molecule has 5 heteroatoms. The van der Waals surface area contributed by atoms with Crippen molar-refractivity contribution >= 4 is 28.7 Å². The number of hydrogen-bond acceptors (Lipinski definition) is 2. The maximum absolute atomic E-state index is 13.2. The molecule has 0 bridgehead atoms. The zero-order valence-corrected chi connectivity index (χ0v) is 11.0. The molecule has 1 nitrogen and oxygen atoms in total. The number of hydrogen-bond donors (Lipinski definition) is 0. The number of benzene rings is 1. The minimum Gasteiger partial charge on any atom is -0.288 e. The van der Waals surface area contributed by atoms with Gasteiger partial charge in [-0.3, -0.25) is 4.79 Å². The second-order valence-electron chi connectivity index (χ2n) is 3.70. The van der Waals surface area contributed by atoms with Crippen molar-refractivity contribution in [2.45, 2.75) is 13.3 Å². The molecular formula is C13H9ClF2OS. The summed E-state index contributed by atoms with van der Waals surface area (Å²) in [4.78, 5) is 12.7. The van der Waals surface area contributed by atoms with Gasteiger partial charge in [-0.15, -0.1) is 11.3 Å². The summed E-state index contributed by atoms with van der Waals surface area (Å²) in [6.07, 6.45) is 0.700. The lowest BCUT2D eigenvalue weighted by molar-refractivity contribution is 0.104. The Morgan fingerprint density at radius 2 is 2.00 bits per heavy atom. The van der Waals surface area contributed by atoms with Crippen molar-refractivity contribution in [1.82, 2.24) is 0 Å². The summed E-state index contributed by atoms with van der Waals surface area (Å²) in [7, 11) is 0. The highest BCUT2D eigenvalue weighted by Gasteiger charge is 2.19. The molecule has 0 aliphatic carbocycles. The largest absolute Gasteiger partial charge is 0.288 e. The zero-order valence-electron chi connectivity index (χ0n) is 9.47. The van der Waals surface area contributed by atoms with Crippen molar-refractivity contribution in [3.8, 4) is 0 Å². The highest BCUT2D eigenvalue weighted by atomic mass is 35.5. The molecule has 0 aliphatic heterocycles. The lowest BCUT2D eigenvalue weighted by Crippen LogP contribution is -2.04. The van der Waals surface area contributed by atoms with Crippen LogP contribution in [0.1, 0.15) is 27.7 Å². The summed E-state index contributed by atoms with van der Waals surface area (Å²) in [5.41, 5.74) is 0.874. The monoisotopic (exact) mass is 286 g/mol. The molecular weight excluding hydrogens is 278 g/mol. The molecule has 94 valence electrons. The molecule has 0 atom stereocenters. The second-order valence-corrected chi connectivity index (χ2v) is 5.03. The fourth-order valence-corrected chi connectivity index (χ4v) is 2.82. The van der Waals surface area contributed by atoms with Crippen molar-refractivity contribution < 1.29 is 13.6 Å². The molecule has 2 aromatic rings. The number of aryl methyl sites for hydroxylation is 1. The standard InChI is InChI=1S/C13H9ClF2OS/c1-2-7-3-4-18-13(7)12(17)8-5-10(15)11(16)6-9(8)14/h3-6H,2H2,1H3. The second kappa shape index (κ2) is 5.16. The predicted molar refractivity (Wildman–Crippen MR) is 68.5 cm³/mol. The Hall–Kier alpha value is -1.26. The van der Waals surface area contributed by atoms with E-state index in [0.29, 0.717) is 11.3 Å². The van der Waals surface area contributed by atoms with Gasteiger partial charge in [0.15, 0.2) is 11.6 Å². The van der Waals surface area contributed by atoms with Gasteiger partial charge in [-0.2, -0.15) is 0 Å². The maximum Gasteiger partial charge on any atom is 0.204 e. The smallest absolute Gasteiger partial charge is 0.204 e. The first-order valence-corrected chi connectivity index (χ1v) is 6.56. The van der Waals surface area contributed by atoms with Crippen LogP contribution >= 0.6 is 22.9 Å². The van der Waals surface area contributed by atoms with E-state index in [9.17, 15) is 13.6 Å². The average molecular weight is 287 g/mol. The van der Waals surface area contributed by atoms with Gasteiger partial charge in [0, 0.05) is 5.56 Å². The van der Waals surface area contributed by atoms with Crippen LogP contribution in [-0.2, 0) is 6.42 Å². The van der Waals surface area contributed by atoms with E-state index >= 15 is 0 Å². The van der Waals surface area contributed by atoms with Crippen LogP contribution in [0.4, 0.5) is 8.78 Å². The normalized spacial score (nSPS) is 10.7. The van der Waals surface area contributed by atoms with Crippen molar-refractivity contribution in [3.63, 3.8) is 0 Å². The first kappa shape index (κ1) is 13.2. The van der Waals surface area contributed by atoms with Crippen LogP contribution in [0.3, 0.4) is 0 Å². The van der Waals surface area contributed by atoms with Crippen molar-refractivity contribution in [1.29, 1.82) is 0 Å². The Morgan fingerprint density at radius 3 is 2.67 bits per heavy atom. The van der Waals surface area contributed by atoms with Gasteiger partial charge in [0.05, 0.1) is 9.90 Å². The van der Waals surface area contributed by atoms with Crippen molar-refractivity contribution in [2.24, 2.45) is 0 Å². The number of thiophene rings is 1. The molecule has 0 spiro atoms. The van der Waals surface area contributed by atoms with Gasteiger partial charge < -0.3 is 0 Å². The maximum atomic E-state index is 13.2. The van der Waals surface area contributed by atoms with Crippen molar-refractivity contribution in [3.05, 3.63) is 56.2 Å². The van der Waals surface area contributed by atoms with Gasteiger partial charge in [-0.25, -0.2) is 8.78 Å². The van der Waals surface area contributed by atoms with E-state index in [1.807, 2.05) is 13.0 Å². The zero-order chi connectivity index (χ0) is 13.3. The summed E-state index contributed by atoms with van der Waals surface area (Å²) >= 11 is 7.06. The number of halogens is 3. The van der Waals surface area contributed by atoms with Crippen LogP contribution in [0.15, 0.2) is 23.6 Å². The fraction of sp³-hybridized carbons (Fsp3) is 0.154. The van der Waals surface area contributed by atoms with Crippen molar-refractivity contribution in [2.75, 3.05) is 0 Å². The van der Waals surface area contributed by atoms with Crippen LogP contribution in [0.25, 0.3) is 0 Å². The highest BCUT2D eigenvalue weighted by molar-refractivity contribution is 7.12. The van der Waals surface area contributed by atoms with Crippen LogP contribution in [0, 0.1) is 11.6 Å². The summed E-state index contributed by atoms with van der Waals surface area (Å²) in [6, 6.07) is 3.51. The van der Waals surface area contributed by atoms with Crippen LogP contribution in [0.5, 0.6) is 0 Å². The Morgan fingerprint density at radius 1 is 1.33 bits per heavy atom. The molecule has 1 heterocycles. The Bertz CT molecular complexity index is 607. The Kier molecular flexibility index (Phi) is 3.78. The molecule has 0 N–H and O–H groups in total. The van der Waals surface area contributed by atoms with E-state index in [0.717, 1.165) is 17.7 Å². The van der Waals surface area contributed by atoms with Gasteiger partial charge in [0.2, 0.25) is 5.78 Å². The minimum absolute atomic E-state index is 0.00674. The number of rotatable bonds is 3.